The van der Waals surface area contributed by atoms with Gasteiger partial charge < -0.3 is 16.0 Å². The third-order valence-corrected chi connectivity index (χ3v) is 4.03. The van der Waals surface area contributed by atoms with Crippen LogP contribution in [0.3, 0.4) is 0 Å². The van der Waals surface area contributed by atoms with Crippen LogP contribution in [0.5, 0.6) is 0 Å². The summed E-state index contributed by atoms with van der Waals surface area (Å²) in [6.45, 7) is 3.97. The van der Waals surface area contributed by atoms with Gasteiger partial charge in [-0.2, -0.15) is 0 Å². The molecule has 3 N–H and O–H groups in total. The van der Waals surface area contributed by atoms with Crippen LogP contribution in [0.15, 0.2) is 18.3 Å². The highest BCUT2D eigenvalue weighted by Crippen LogP contribution is 2.17. The predicted molar refractivity (Wildman–Crippen MR) is 79.3 cm³/mol. The Balaban J connectivity index is 1.70. The molecular weight excluding hydrogens is 274 g/mol. The van der Waals surface area contributed by atoms with E-state index in [-0.39, 0.29) is 12.1 Å². The van der Waals surface area contributed by atoms with Crippen LogP contribution < -0.4 is 11.1 Å². The average Bonchev–Trinajstić information content (AvgIpc) is 2.80. The normalized spacial score (nSPS) is 22.5. The molecule has 0 saturated carbocycles. The lowest BCUT2D eigenvalue weighted by atomic mass is 10.1. The van der Waals surface area contributed by atoms with Crippen LogP contribution in [0, 0.1) is 0 Å². The number of urea groups is 1. The first-order chi connectivity index (χ1) is 9.65. The number of carbonyl (C=O) groups excluding carboxylic acids is 1. The average molecular weight is 291 g/mol. The van der Waals surface area contributed by atoms with E-state index in [0.29, 0.717) is 10.7 Å². The summed E-state index contributed by atoms with van der Waals surface area (Å²) in [5.74, 6) is 0. The van der Waals surface area contributed by atoms with Crippen LogP contribution in [0.2, 0.25) is 0 Å². The Morgan fingerprint density at radius 2 is 2.40 bits per heavy atom. The van der Waals surface area contributed by atoms with Gasteiger partial charge in [0.25, 0.3) is 0 Å². The number of piperazine rings is 1. The standard InChI is InChI=1S/C13H17N5OS/c14-12(20)11-9(2-1-3-15-11)7-17-4-5-18-10(8-17)6-16-13(18)19/h1-3,10H,4-8H2,(H2,14,20)(H,16,19). The molecule has 6 nitrogen and oxygen atoms in total. The first kappa shape index (κ1) is 13.3. The predicted octanol–water partition coefficient (Wildman–Crippen LogP) is -0.0748. The van der Waals surface area contributed by atoms with E-state index in [0.717, 1.165) is 38.3 Å². The maximum Gasteiger partial charge on any atom is 0.317 e. The second-order valence-electron chi connectivity index (χ2n) is 5.14. The number of nitrogens with two attached hydrogens (primary N) is 1. The lowest BCUT2D eigenvalue weighted by molar-refractivity contribution is 0.116. The molecule has 0 aliphatic carbocycles. The van der Waals surface area contributed by atoms with E-state index >= 15 is 0 Å². The summed E-state index contributed by atoms with van der Waals surface area (Å²) in [7, 11) is 0. The summed E-state index contributed by atoms with van der Waals surface area (Å²) in [5.41, 5.74) is 7.46. The van der Waals surface area contributed by atoms with E-state index in [1.807, 2.05) is 17.0 Å². The number of nitrogens with zero attached hydrogens (tertiary/aromatic N) is 3. The van der Waals surface area contributed by atoms with E-state index < -0.39 is 0 Å². The Labute approximate surface area is 122 Å². The van der Waals surface area contributed by atoms with Crippen LogP contribution in [0.25, 0.3) is 0 Å². The van der Waals surface area contributed by atoms with Crippen molar-refractivity contribution in [2.24, 2.45) is 5.73 Å². The molecule has 2 saturated heterocycles. The minimum absolute atomic E-state index is 0.0554. The van der Waals surface area contributed by atoms with Gasteiger partial charge in [-0.05, 0) is 11.6 Å². The zero-order chi connectivity index (χ0) is 14.1. The molecule has 1 aromatic heterocycles. The number of hydrogen-bond donors (Lipinski definition) is 2. The fourth-order valence-corrected chi connectivity index (χ4v) is 3.02. The Kier molecular flexibility index (Phi) is 3.54. The van der Waals surface area contributed by atoms with E-state index in [9.17, 15) is 4.79 Å². The molecule has 2 amide bonds. The summed E-state index contributed by atoms with van der Waals surface area (Å²) >= 11 is 5.04. The molecular formula is C13H17N5OS. The third kappa shape index (κ3) is 2.46. The summed E-state index contributed by atoms with van der Waals surface area (Å²) in [6, 6.07) is 4.22. The molecule has 2 aliphatic rings. The maximum atomic E-state index is 11.6. The maximum absolute atomic E-state index is 11.6. The molecule has 0 radical (unpaired) electrons. The van der Waals surface area contributed by atoms with Gasteiger partial charge >= 0.3 is 6.03 Å². The van der Waals surface area contributed by atoms with Gasteiger partial charge in [0.05, 0.1) is 6.04 Å². The molecule has 20 heavy (non-hydrogen) atoms. The molecule has 2 fully saturated rings. The molecule has 3 heterocycles. The topological polar surface area (TPSA) is 74.5 Å². The number of nitrogens with one attached hydrogen (secondary N) is 1. The fourth-order valence-electron chi connectivity index (χ4n) is 2.84. The Morgan fingerprint density at radius 3 is 3.20 bits per heavy atom. The summed E-state index contributed by atoms with van der Waals surface area (Å²) in [5, 5.41) is 2.88. The van der Waals surface area contributed by atoms with Crippen molar-refractivity contribution in [2.75, 3.05) is 26.2 Å². The van der Waals surface area contributed by atoms with Crippen molar-refractivity contribution in [1.29, 1.82) is 0 Å². The quantitative estimate of drug-likeness (QED) is 0.762. The number of rotatable bonds is 3. The molecule has 3 rings (SSSR count). The van der Waals surface area contributed by atoms with Crippen molar-refractivity contribution in [3.8, 4) is 0 Å². The van der Waals surface area contributed by atoms with Crippen molar-refractivity contribution in [3.05, 3.63) is 29.6 Å². The molecule has 106 valence electrons. The number of thiocarbonyl (C=S) groups is 1. The van der Waals surface area contributed by atoms with Crippen LogP contribution in [-0.2, 0) is 6.54 Å². The van der Waals surface area contributed by atoms with Crippen LogP contribution in [-0.4, -0.2) is 58.0 Å². The van der Waals surface area contributed by atoms with E-state index in [2.05, 4.69) is 15.2 Å². The zero-order valence-electron chi connectivity index (χ0n) is 11.1. The fraction of sp³-hybridized carbons (Fsp3) is 0.462. The van der Waals surface area contributed by atoms with Crippen molar-refractivity contribution in [3.63, 3.8) is 0 Å². The van der Waals surface area contributed by atoms with Gasteiger partial charge in [-0.3, -0.25) is 9.88 Å². The first-order valence-corrected chi connectivity index (χ1v) is 7.06. The summed E-state index contributed by atoms with van der Waals surface area (Å²) in [4.78, 5) is 20.4. The van der Waals surface area contributed by atoms with Crippen LogP contribution in [0.1, 0.15) is 11.3 Å². The minimum Gasteiger partial charge on any atom is -0.388 e. The number of aromatic nitrogens is 1. The molecule has 2 aliphatic heterocycles. The molecule has 1 aromatic rings. The minimum atomic E-state index is 0.0554. The highest BCUT2D eigenvalue weighted by molar-refractivity contribution is 7.80. The van der Waals surface area contributed by atoms with Crippen molar-refractivity contribution < 1.29 is 4.79 Å². The van der Waals surface area contributed by atoms with E-state index in [1.54, 1.807) is 6.20 Å². The van der Waals surface area contributed by atoms with Crippen LogP contribution in [0.4, 0.5) is 4.79 Å². The number of hydrogen-bond acceptors (Lipinski definition) is 4. The van der Waals surface area contributed by atoms with Crippen molar-refractivity contribution in [2.45, 2.75) is 12.6 Å². The Morgan fingerprint density at radius 1 is 1.55 bits per heavy atom. The van der Waals surface area contributed by atoms with Gasteiger partial charge in [0.2, 0.25) is 0 Å². The molecule has 7 heteroatoms. The SMILES string of the molecule is NC(=S)c1ncccc1CN1CCN2C(=O)NCC2C1. The van der Waals surface area contributed by atoms with Gasteiger partial charge in [0.1, 0.15) is 10.7 Å². The van der Waals surface area contributed by atoms with Crippen molar-refractivity contribution in [1.82, 2.24) is 20.1 Å². The lowest BCUT2D eigenvalue weighted by Gasteiger charge is -2.36. The van der Waals surface area contributed by atoms with Gasteiger partial charge in [-0.1, -0.05) is 18.3 Å². The number of amides is 2. The third-order valence-electron chi connectivity index (χ3n) is 3.84. The van der Waals surface area contributed by atoms with Gasteiger partial charge in [0.15, 0.2) is 0 Å². The number of fused-ring (bicyclic) bond motifs is 1. The van der Waals surface area contributed by atoms with Crippen LogP contribution >= 0.6 is 12.2 Å². The summed E-state index contributed by atoms with van der Waals surface area (Å²) in [6.07, 6.45) is 1.70. The lowest BCUT2D eigenvalue weighted by Crippen LogP contribution is -2.51. The van der Waals surface area contributed by atoms with E-state index in [1.165, 1.54) is 0 Å². The van der Waals surface area contributed by atoms with Gasteiger partial charge in [0, 0.05) is 38.9 Å². The number of carbonyl (C=O) groups is 1. The Bertz CT molecular complexity index is 549. The first-order valence-electron chi connectivity index (χ1n) is 6.65. The molecule has 0 spiro atoms. The Hall–Kier alpha value is -1.73. The second-order valence-corrected chi connectivity index (χ2v) is 5.58. The highest BCUT2D eigenvalue weighted by Gasteiger charge is 2.35. The molecule has 1 unspecified atom stereocenters. The molecule has 1 atom stereocenters. The largest absolute Gasteiger partial charge is 0.388 e. The monoisotopic (exact) mass is 291 g/mol. The molecule has 0 aromatic carbocycles. The summed E-state index contributed by atoms with van der Waals surface area (Å²) < 4.78 is 0. The van der Waals surface area contributed by atoms with Crippen molar-refractivity contribution >= 4 is 23.2 Å². The smallest absolute Gasteiger partial charge is 0.317 e. The molecule has 0 bridgehead atoms. The van der Waals surface area contributed by atoms with Gasteiger partial charge in [-0.25, -0.2) is 4.79 Å². The van der Waals surface area contributed by atoms with Gasteiger partial charge in [-0.15, -0.1) is 0 Å². The highest BCUT2D eigenvalue weighted by atomic mass is 32.1. The number of pyridine rings is 1. The second kappa shape index (κ2) is 5.34. The zero-order valence-corrected chi connectivity index (χ0v) is 11.9. The van der Waals surface area contributed by atoms with E-state index in [4.69, 9.17) is 18.0 Å².